The molecule has 0 radical (unpaired) electrons. The van der Waals surface area contributed by atoms with Gasteiger partial charge in [0.05, 0.1) is 18.8 Å². The molecule has 1 aliphatic rings. The molecule has 1 aliphatic heterocycles. The lowest BCUT2D eigenvalue weighted by Gasteiger charge is -2.14. The number of aromatic carboxylic acids is 1. The third kappa shape index (κ3) is 7.69. The molecule has 0 fully saturated rings. The van der Waals surface area contributed by atoms with E-state index < -0.39 is 18.5 Å². The van der Waals surface area contributed by atoms with Gasteiger partial charge in [0, 0.05) is 14.5 Å². The molecule has 0 saturated carbocycles. The van der Waals surface area contributed by atoms with Crippen LogP contribution in [0.5, 0.6) is 0 Å². The number of benzene rings is 2. The lowest BCUT2D eigenvalue weighted by molar-refractivity contribution is -0.142. The number of hydrogen-bond acceptors (Lipinski definition) is 5. The van der Waals surface area contributed by atoms with Crippen LogP contribution in [0.2, 0.25) is 0 Å². The summed E-state index contributed by atoms with van der Waals surface area (Å²) in [6, 6.07) is 10.3. The molecule has 29 heavy (non-hydrogen) atoms. The number of carbonyl (C=O) groups is 3. The van der Waals surface area contributed by atoms with E-state index in [0.717, 1.165) is 15.6 Å². The van der Waals surface area contributed by atoms with E-state index >= 15 is 0 Å². The second-order valence-electron chi connectivity index (χ2n) is 5.71. The summed E-state index contributed by atoms with van der Waals surface area (Å²) in [5.74, 6) is -2.09. The molecule has 156 valence electrons. The molecule has 2 aromatic carbocycles. The zero-order valence-electron chi connectivity index (χ0n) is 14.5. The number of carbonyl (C=O) groups excluding carboxylic acids is 1. The van der Waals surface area contributed by atoms with Crippen molar-refractivity contribution in [2.75, 3.05) is 13.2 Å². The highest BCUT2D eigenvalue weighted by molar-refractivity contribution is 9.10. The van der Waals surface area contributed by atoms with E-state index in [1.165, 1.54) is 6.07 Å². The first kappa shape index (κ1) is 25.0. The summed E-state index contributed by atoms with van der Waals surface area (Å²) in [6.45, 7) is 0.258. The molecular weight excluding hydrogens is 512 g/mol. The third-order valence-corrected chi connectivity index (χ3v) is 4.63. The topological polar surface area (TPSA) is 110 Å². The first-order valence-corrected chi connectivity index (χ1v) is 9.57. The van der Waals surface area contributed by atoms with Gasteiger partial charge in [0.1, 0.15) is 13.2 Å². The van der Waals surface area contributed by atoms with Crippen molar-refractivity contribution in [1.29, 1.82) is 0 Å². The largest absolute Gasteiger partial charge is 0.480 e. The Morgan fingerprint density at radius 3 is 2.34 bits per heavy atom. The van der Waals surface area contributed by atoms with Crippen LogP contribution in [0.15, 0.2) is 45.3 Å². The Bertz CT molecular complexity index is 896. The molecular formula is C20H20Br2O7. The summed E-state index contributed by atoms with van der Waals surface area (Å²) in [6.07, 6.45) is 0. The monoisotopic (exact) mass is 530 g/mol. The number of aliphatic carboxylic acids is 1. The Morgan fingerprint density at radius 1 is 1.03 bits per heavy atom. The molecule has 0 unspecified atom stereocenters. The average molecular weight is 532 g/mol. The molecule has 0 amide bonds. The molecule has 2 aromatic rings. The predicted molar refractivity (Wildman–Crippen MR) is 113 cm³/mol. The minimum absolute atomic E-state index is 0. The fraction of sp³-hybridized carbons (Fsp3) is 0.250. The van der Waals surface area contributed by atoms with Crippen LogP contribution < -0.4 is 0 Å². The number of carboxylic acids is 2. The zero-order valence-corrected chi connectivity index (χ0v) is 17.7. The normalized spacial score (nSPS) is 12.1. The Labute approximate surface area is 184 Å². The maximum absolute atomic E-state index is 11.3. The molecule has 1 heterocycles. The molecule has 2 N–H and O–H groups in total. The maximum Gasteiger partial charge on any atom is 0.336 e. The van der Waals surface area contributed by atoms with Gasteiger partial charge in [-0.2, -0.15) is 0 Å². The number of Topliss-reactive ketones (excluding diaryl/α,β-unsaturated/α-hetero) is 1. The first-order valence-electron chi connectivity index (χ1n) is 7.98. The summed E-state index contributed by atoms with van der Waals surface area (Å²) < 4.78 is 11.6. The summed E-state index contributed by atoms with van der Waals surface area (Å²) >= 11 is 6.54. The fourth-order valence-corrected chi connectivity index (χ4v) is 3.24. The number of halogens is 2. The summed E-state index contributed by atoms with van der Waals surface area (Å²) in [5.41, 5.74) is 2.31. The highest BCUT2D eigenvalue weighted by atomic mass is 79.9. The van der Waals surface area contributed by atoms with Gasteiger partial charge in [-0.05, 0) is 47.5 Å². The van der Waals surface area contributed by atoms with Crippen molar-refractivity contribution in [3.8, 4) is 0 Å². The predicted octanol–water partition coefficient (Wildman–Crippen LogP) is 4.55. The quantitative estimate of drug-likeness (QED) is 0.582. The van der Waals surface area contributed by atoms with Crippen LogP contribution in [0.25, 0.3) is 0 Å². The van der Waals surface area contributed by atoms with Crippen LogP contribution in [0, 0.1) is 0 Å². The van der Waals surface area contributed by atoms with Gasteiger partial charge in [0.15, 0.2) is 5.78 Å². The molecule has 0 aliphatic carbocycles. The average Bonchev–Trinajstić information content (AvgIpc) is 2.62. The summed E-state index contributed by atoms with van der Waals surface area (Å²) in [7, 11) is 0. The fourth-order valence-electron chi connectivity index (χ4n) is 2.42. The van der Waals surface area contributed by atoms with Crippen molar-refractivity contribution in [1.82, 2.24) is 0 Å². The Kier molecular flexibility index (Phi) is 10.2. The Balaban J connectivity index is 0.000000289. The lowest BCUT2D eigenvalue weighted by atomic mass is 10.0. The second-order valence-corrected chi connectivity index (χ2v) is 7.54. The van der Waals surface area contributed by atoms with Crippen molar-refractivity contribution >= 4 is 49.6 Å². The standard InChI is InChI=1S/C10H9BrO5.C9H7BrO2.CH4/c11-7-1-2-8(10(14)15)6(3-7)4-16-5-9(12)13;10-7-1-2-8-6(3-7)4-12-5-9(8)11;/h1-3H,4-5H2,(H,12,13)(H,14,15);1-3H,4-5H2;1H4. The minimum Gasteiger partial charge on any atom is -0.480 e. The molecule has 0 aromatic heterocycles. The van der Waals surface area contributed by atoms with E-state index in [1.807, 2.05) is 18.2 Å². The van der Waals surface area contributed by atoms with Gasteiger partial charge in [-0.1, -0.05) is 39.3 Å². The number of ether oxygens (including phenoxy) is 2. The van der Waals surface area contributed by atoms with Crippen LogP contribution >= 0.6 is 31.9 Å². The van der Waals surface area contributed by atoms with E-state index in [-0.39, 0.29) is 32.0 Å². The van der Waals surface area contributed by atoms with Crippen LogP contribution in [-0.2, 0) is 27.5 Å². The van der Waals surface area contributed by atoms with Crippen molar-refractivity contribution in [2.45, 2.75) is 20.6 Å². The minimum atomic E-state index is -1.09. The van der Waals surface area contributed by atoms with Crippen LogP contribution in [0.3, 0.4) is 0 Å². The SMILES string of the molecule is C.O=C(O)COCc1cc(Br)ccc1C(=O)O.O=C1COCc2cc(Br)ccc21. The van der Waals surface area contributed by atoms with Gasteiger partial charge in [0.2, 0.25) is 0 Å². The van der Waals surface area contributed by atoms with Gasteiger partial charge in [-0.15, -0.1) is 0 Å². The zero-order chi connectivity index (χ0) is 20.7. The first-order chi connectivity index (χ1) is 13.3. The van der Waals surface area contributed by atoms with Crippen molar-refractivity contribution in [3.05, 3.63) is 67.6 Å². The second kappa shape index (κ2) is 11.8. The van der Waals surface area contributed by atoms with Gasteiger partial charge < -0.3 is 19.7 Å². The van der Waals surface area contributed by atoms with Crippen molar-refractivity contribution in [2.24, 2.45) is 0 Å². The Morgan fingerprint density at radius 2 is 1.69 bits per heavy atom. The van der Waals surface area contributed by atoms with Gasteiger partial charge >= 0.3 is 11.9 Å². The van der Waals surface area contributed by atoms with Crippen molar-refractivity contribution in [3.63, 3.8) is 0 Å². The number of fused-ring (bicyclic) bond motifs is 1. The molecule has 3 rings (SSSR count). The smallest absolute Gasteiger partial charge is 0.336 e. The molecule has 0 bridgehead atoms. The molecule has 7 nitrogen and oxygen atoms in total. The Hall–Kier alpha value is -2.07. The van der Waals surface area contributed by atoms with E-state index in [0.29, 0.717) is 16.6 Å². The molecule has 0 spiro atoms. The summed E-state index contributed by atoms with van der Waals surface area (Å²) in [5, 5.41) is 17.3. The highest BCUT2D eigenvalue weighted by Gasteiger charge is 2.16. The van der Waals surface area contributed by atoms with Crippen molar-refractivity contribution < 1.29 is 34.1 Å². The van der Waals surface area contributed by atoms with E-state index in [4.69, 9.17) is 19.7 Å². The van der Waals surface area contributed by atoms with Crippen LogP contribution in [-0.4, -0.2) is 41.1 Å². The summed E-state index contributed by atoms with van der Waals surface area (Å²) in [4.78, 5) is 32.3. The van der Waals surface area contributed by atoms with Crippen LogP contribution in [0.1, 0.15) is 39.3 Å². The maximum atomic E-state index is 11.3. The molecule has 9 heteroatoms. The molecule has 0 saturated heterocycles. The van der Waals surface area contributed by atoms with Gasteiger partial charge in [-0.25, -0.2) is 9.59 Å². The number of ketones is 1. The van der Waals surface area contributed by atoms with E-state index in [2.05, 4.69) is 31.9 Å². The third-order valence-electron chi connectivity index (χ3n) is 3.64. The van der Waals surface area contributed by atoms with Crippen LogP contribution in [0.4, 0.5) is 0 Å². The number of rotatable bonds is 5. The molecule has 0 atom stereocenters. The number of carboxylic acid groups (broad SMARTS) is 2. The van der Waals surface area contributed by atoms with Gasteiger partial charge in [-0.3, -0.25) is 4.79 Å². The van der Waals surface area contributed by atoms with E-state index in [9.17, 15) is 14.4 Å². The lowest BCUT2D eigenvalue weighted by Crippen LogP contribution is -2.17. The van der Waals surface area contributed by atoms with E-state index in [1.54, 1.807) is 12.1 Å². The van der Waals surface area contributed by atoms with Gasteiger partial charge in [0.25, 0.3) is 0 Å². The number of hydrogen-bond donors (Lipinski definition) is 2. The highest BCUT2D eigenvalue weighted by Crippen LogP contribution is 2.21.